The van der Waals surface area contributed by atoms with Crippen molar-refractivity contribution in [3.05, 3.63) is 65.2 Å². The predicted molar refractivity (Wildman–Crippen MR) is 114 cm³/mol. The van der Waals surface area contributed by atoms with E-state index >= 15 is 0 Å². The number of amides is 3. The summed E-state index contributed by atoms with van der Waals surface area (Å²) in [6.07, 6.45) is 4.59. The average molecular weight is 403 g/mol. The molecule has 6 nitrogen and oxygen atoms in total. The Kier molecular flexibility index (Phi) is 4.87. The Morgan fingerprint density at radius 2 is 1.47 bits per heavy atom. The molecule has 5 rings (SSSR count). The summed E-state index contributed by atoms with van der Waals surface area (Å²) in [4.78, 5) is 44.1. The molecule has 0 N–H and O–H groups in total. The Bertz CT molecular complexity index is 960. The molecule has 1 atom stereocenters. The van der Waals surface area contributed by atoms with Crippen molar-refractivity contribution in [2.45, 2.75) is 31.7 Å². The van der Waals surface area contributed by atoms with Crippen LogP contribution < -0.4 is 4.90 Å². The van der Waals surface area contributed by atoms with E-state index in [2.05, 4.69) is 4.90 Å². The number of hydrogen-bond donors (Lipinski definition) is 0. The zero-order valence-corrected chi connectivity index (χ0v) is 16.9. The number of rotatable bonds is 4. The van der Waals surface area contributed by atoms with Crippen LogP contribution in [0.25, 0.3) is 0 Å². The van der Waals surface area contributed by atoms with E-state index in [-0.39, 0.29) is 23.8 Å². The zero-order valence-electron chi connectivity index (χ0n) is 16.9. The molecule has 3 aliphatic rings. The summed E-state index contributed by atoms with van der Waals surface area (Å²) in [6, 6.07) is 14.0. The summed E-state index contributed by atoms with van der Waals surface area (Å²) in [5, 5.41) is 0. The lowest BCUT2D eigenvalue weighted by molar-refractivity contribution is 0.0708. The van der Waals surface area contributed by atoms with Gasteiger partial charge in [0.1, 0.15) is 0 Å². The lowest BCUT2D eigenvalue weighted by Gasteiger charge is -2.28. The minimum Gasteiger partial charge on any atom is -0.334 e. The molecule has 2 saturated heterocycles. The van der Waals surface area contributed by atoms with E-state index in [0.717, 1.165) is 39.0 Å². The molecule has 6 heteroatoms. The maximum absolute atomic E-state index is 13.1. The van der Waals surface area contributed by atoms with Crippen LogP contribution in [0.1, 0.15) is 56.8 Å². The quantitative estimate of drug-likeness (QED) is 0.736. The highest BCUT2D eigenvalue weighted by molar-refractivity contribution is 6.34. The van der Waals surface area contributed by atoms with E-state index in [1.165, 1.54) is 17.7 Å². The highest BCUT2D eigenvalue weighted by Crippen LogP contribution is 2.29. The minimum atomic E-state index is -0.320. The molecule has 3 aliphatic heterocycles. The van der Waals surface area contributed by atoms with Crippen LogP contribution in [0, 0.1) is 0 Å². The third-order valence-corrected chi connectivity index (χ3v) is 6.47. The summed E-state index contributed by atoms with van der Waals surface area (Å²) in [5.74, 6) is -0.606. The molecule has 0 bridgehead atoms. The van der Waals surface area contributed by atoms with Gasteiger partial charge in [-0.2, -0.15) is 0 Å². The first kappa shape index (κ1) is 19.0. The second-order valence-corrected chi connectivity index (χ2v) is 8.34. The number of carbonyl (C=O) groups excluding carboxylic acids is 3. The van der Waals surface area contributed by atoms with Crippen LogP contribution in [0.5, 0.6) is 0 Å². The molecular formula is C24H25N3O3. The zero-order chi connectivity index (χ0) is 20.7. The van der Waals surface area contributed by atoms with Crippen molar-refractivity contribution in [2.75, 3.05) is 31.1 Å². The minimum absolute atomic E-state index is 0.0330. The number of nitrogens with zero attached hydrogens (tertiary/aromatic N) is 3. The first-order valence-electron chi connectivity index (χ1n) is 10.7. The molecule has 2 fully saturated rings. The van der Waals surface area contributed by atoms with E-state index in [0.29, 0.717) is 22.4 Å². The number of imide groups is 1. The summed E-state index contributed by atoms with van der Waals surface area (Å²) in [7, 11) is 0. The van der Waals surface area contributed by atoms with E-state index in [1.807, 2.05) is 4.90 Å². The SMILES string of the molecule is O=C1c2ccccc2C(=O)N1c1ccc(C(=O)N2CCC[C@H]2CN2CCCC2)cc1. The molecule has 0 spiro atoms. The summed E-state index contributed by atoms with van der Waals surface area (Å²) in [5.41, 5.74) is 1.94. The van der Waals surface area contributed by atoms with Gasteiger partial charge in [0.05, 0.1) is 16.8 Å². The molecule has 3 amide bonds. The van der Waals surface area contributed by atoms with Crippen molar-refractivity contribution in [2.24, 2.45) is 0 Å². The van der Waals surface area contributed by atoms with Crippen molar-refractivity contribution >= 4 is 23.4 Å². The first-order valence-corrected chi connectivity index (χ1v) is 10.7. The molecule has 2 aromatic carbocycles. The lowest BCUT2D eigenvalue weighted by atomic mass is 10.1. The Morgan fingerprint density at radius 1 is 0.833 bits per heavy atom. The Balaban J connectivity index is 1.32. The highest BCUT2D eigenvalue weighted by atomic mass is 16.2. The van der Waals surface area contributed by atoms with Crippen LogP contribution in [0.3, 0.4) is 0 Å². The standard InChI is InChI=1S/C24H25N3O3/c28-22(26-15-5-6-19(26)16-25-13-3-4-14-25)17-9-11-18(12-10-17)27-23(29)20-7-1-2-8-21(20)24(27)30/h1-2,7-12,19H,3-6,13-16H2/t19-/m0/s1. The fraction of sp³-hybridized carbons (Fsp3) is 0.375. The average Bonchev–Trinajstić information content (AvgIpc) is 3.50. The third-order valence-electron chi connectivity index (χ3n) is 6.47. The molecule has 0 radical (unpaired) electrons. The van der Waals surface area contributed by atoms with Gasteiger partial charge in [-0.05, 0) is 75.2 Å². The van der Waals surface area contributed by atoms with Crippen molar-refractivity contribution in [3.8, 4) is 0 Å². The lowest BCUT2D eigenvalue weighted by Crippen LogP contribution is -2.42. The van der Waals surface area contributed by atoms with Crippen molar-refractivity contribution < 1.29 is 14.4 Å². The van der Waals surface area contributed by atoms with E-state index in [1.54, 1.807) is 48.5 Å². The summed E-state index contributed by atoms with van der Waals surface area (Å²) in [6.45, 7) is 4.01. The molecule has 154 valence electrons. The van der Waals surface area contributed by atoms with Crippen LogP contribution in [0.15, 0.2) is 48.5 Å². The normalized spacial score (nSPS) is 21.5. The van der Waals surface area contributed by atoms with Crippen molar-refractivity contribution in [1.29, 1.82) is 0 Å². The predicted octanol–water partition coefficient (Wildman–Crippen LogP) is 3.19. The fourth-order valence-electron chi connectivity index (χ4n) is 4.90. The highest BCUT2D eigenvalue weighted by Gasteiger charge is 2.36. The van der Waals surface area contributed by atoms with Crippen LogP contribution >= 0.6 is 0 Å². The van der Waals surface area contributed by atoms with Crippen LogP contribution in [0.4, 0.5) is 5.69 Å². The van der Waals surface area contributed by atoms with Gasteiger partial charge in [-0.25, -0.2) is 4.90 Å². The number of carbonyl (C=O) groups is 3. The molecule has 30 heavy (non-hydrogen) atoms. The van der Waals surface area contributed by atoms with Crippen molar-refractivity contribution in [1.82, 2.24) is 9.80 Å². The Labute approximate surface area is 176 Å². The van der Waals surface area contributed by atoms with Crippen LogP contribution in [-0.2, 0) is 0 Å². The number of fused-ring (bicyclic) bond motifs is 1. The van der Waals surface area contributed by atoms with Crippen LogP contribution in [-0.4, -0.2) is 59.7 Å². The maximum atomic E-state index is 13.1. The molecule has 0 saturated carbocycles. The monoisotopic (exact) mass is 403 g/mol. The molecule has 0 unspecified atom stereocenters. The van der Waals surface area contributed by atoms with E-state index < -0.39 is 0 Å². The number of likely N-dealkylation sites (tertiary alicyclic amines) is 2. The molecular weight excluding hydrogens is 378 g/mol. The van der Waals surface area contributed by atoms with E-state index in [4.69, 9.17) is 0 Å². The fourth-order valence-corrected chi connectivity index (χ4v) is 4.90. The topological polar surface area (TPSA) is 60.9 Å². The maximum Gasteiger partial charge on any atom is 0.266 e. The molecule has 3 heterocycles. The van der Waals surface area contributed by atoms with Crippen LogP contribution in [0.2, 0.25) is 0 Å². The second-order valence-electron chi connectivity index (χ2n) is 8.34. The smallest absolute Gasteiger partial charge is 0.266 e. The van der Waals surface area contributed by atoms with Crippen molar-refractivity contribution in [3.63, 3.8) is 0 Å². The van der Waals surface area contributed by atoms with Gasteiger partial charge in [0, 0.05) is 24.7 Å². The summed E-state index contributed by atoms with van der Waals surface area (Å²) < 4.78 is 0. The molecule has 0 aliphatic carbocycles. The van der Waals surface area contributed by atoms with Gasteiger partial charge < -0.3 is 9.80 Å². The first-order chi connectivity index (χ1) is 14.6. The second kappa shape index (κ2) is 7.69. The van der Waals surface area contributed by atoms with Gasteiger partial charge in [0.25, 0.3) is 17.7 Å². The summed E-state index contributed by atoms with van der Waals surface area (Å²) >= 11 is 0. The van der Waals surface area contributed by atoms with Gasteiger partial charge in [-0.3, -0.25) is 14.4 Å². The largest absolute Gasteiger partial charge is 0.334 e. The number of hydrogen-bond acceptors (Lipinski definition) is 4. The third kappa shape index (κ3) is 3.21. The Hall–Kier alpha value is -2.99. The van der Waals surface area contributed by atoms with Gasteiger partial charge in [0.2, 0.25) is 0 Å². The molecule has 2 aromatic rings. The molecule has 0 aromatic heterocycles. The number of anilines is 1. The van der Waals surface area contributed by atoms with E-state index in [9.17, 15) is 14.4 Å². The van der Waals surface area contributed by atoms with Gasteiger partial charge >= 0.3 is 0 Å². The van der Waals surface area contributed by atoms with Gasteiger partial charge in [-0.15, -0.1) is 0 Å². The number of benzene rings is 2. The van der Waals surface area contributed by atoms with Gasteiger partial charge in [0.15, 0.2) is 0 Å². The Morgan fingerprint density at radius 3 is 2.10 bits per heavy atom. The van der Waals surface area contributed by atoms with Gasteiger partial charge in [-0.1, -0.05) is 12.1 Å².